The third-order valence-electron chi connectivity index (χ3n) is 6.79. The van der Waals surface area contributed by atoms with E-state index in [1.54, 1.807) is 32.9 Å². The Balaban J connectivity index is 1.66. The normalized spacial score (nSPS) is 26.5. The van der Waals surface area contributed by atoms with Gasteiger partial charge in [-0.15, -0.1) is 4.72 Å². The number of Topliss-reactive ketones (excluding diaryl/α,β-unsaturated/α-hetero) is 1. The molecule has 2 heterocycles. The molecule has 1 unspecified atom stereocenters. The molecule has 0 aromatic heterocycles. The number of nitrogens with zero attached hydrogens (tertiary/aromatic N) is 1. The number of urea groups is 1. The van der Waals surface area contributed by atoms with E-state index in [1.807, 2.05) is 0 Å². The Morgan fingerprint density at radius 3 is 2.63 bits per heavy atom. The zero-order valence-corrected chi connectivity index (χ0v) is 20.8. The highest BCUT2D eigenvalue weighted by atomic mass is 32.2. The van der Waals surface area contributed by atoms with Gasteiger partial charge < -0.3 is 9.29 Å². The van der Waals surface area contributed by atoms with E-state index in [0.717, 1.165) is 4.90 Å². The van der Waals surface area contributed by atoms with Gasteiger partial charge in [0.15, 0.2) is 11.7 Å². The van der Waals surface area contributed by atoms with Crippen LogP contribution in [0, 0.1) is 11.7 Å². The van der Waals surface area contributed by atoms with E-state index in [9.17, 15) is 23.7 Å². The van der Waals surface area contributed by atoms with Gasteiger partial charge >= 0.3 is 6.03 Å². The maximum atomic E-state index is 15.1. The maximum absolute atomic E-state index is 15.1. The largest absolute Gasteiger partial charge is 0.598 e. The second kappa shape index (κ2) is 9.61. The van der Waals surface area contributed by atoms with Crippen molar-refractivity contribution in [2.45, 2.75) is 69.2 Å². The Morgan fingerprint density at radius 1 is 1.29 bits per heavy atom. The summed E-state index contributed by atoms with van der Waals surface area (Å²) in [4.78, 5) is 52.9. The van der Waals surface area contributed by atoms with Crippen molar-refractivity contribution in [1.82, 2.24) is 14.9 Å². The van der Waals surface area contributed by atoms with Crippen LogP contribution in [0.4, 0.5) is 9.18 Å². The average molecular weight is 508 g/mol. The fourth-order valence-corrected chi connectivity index (χ4v) is 5.93. The van der Waals surface area contributed by atoms with Crippen molar-refractivity contribution in [1.29, 1.82) is 0 Å². The van der Waals surface area contributed by atoms with Gasteiger partial charge in [-0.3, -0.25) is 24.6 Å². The van der Waals surface area contributed by atoms with Crippen LogP contribution in [-0.4, -0.2) is 57.1 Å². The topological polar surface area (TPSA) is 128 Å². The van der Waals surface area contributed by atoms with Crippen LogP contribution < -0.4 is 10.0 Å². The molecule has 35 heavy (non-hydrogen) atoms. The Morgan fingerprint density at radius 2 is 1.97 bits per heavy atom. The van der Waals surface area contributed by atoms with Gasteiger partial charge in [-0.1, -0.05) is 12.1 Å². The Labute approximate surface area is 206 Å². The molecule has 0 saturated carbocycles. The molecule has 4 amide bonds. The van der Waals surface area contributed by atoms with Gasteiger partial charge in [0.2, 0.25) is 5.91 Å². The van der Waals surface area contributed by atoms with Crippen LogP contribution in [0.2, 0.25) is 0 Å². The molecule has 2 N–H and O–H groups in total. The quantitative estimate of drug-likeness (QED) is 0.444. The highest BCUT2D eigenvalue weighted by Crippen LogP contribution is 2.43. The molecule has 11 heteroatoms. The second-order valence-electron chi connectivity index (χ2n) is 10.3. The minimum atomic E-state index is -1.74. The number of nitrogens with one attached hydrogen (secondary N) is 2. The number of ether oxygens (including phenoxy) is 1. The lowest BCUT2D eigenvalue weighted by molar-refractivity contribution is -0.150. The summed E-state index contributed by atoms with van der Waals surface area (Å²) in [6.07, 6.45) is 1.09. The SMILES string of the molecule is CC(C)(C)[S@@+]([O-])N[C@]1(CC(=O)C2C(=O)NC(=O)N(C3CCOCC3)C2=O)CCc2cccc(F)c21. The predicted octanol–water partition coefficient (Wildman–Crippen LogP) is 1.85. The Kier molecular flexibility index (Phi) is 7.07. The number of carbonyl (C=O) groups is 4. The predicted molar refractivity (Wildman–Crippen MR) is 125 cm³/mol. The lowest BCUT2D eigenvalue weighted by atomic mass is 9.82. The number of carbonyl (C=O) groups excluding carboxylic acids is 4. The Hall–Kier alpha value is -2.34. The molecule has 2 fully saturated rings. The number of benzene rings is 1. The van der Waals surface area contributed by atoms with Crippen molar-refractivity contribution in [2.75, 3.05) is 13.2 Å². The van der Waals surface area contributed by atoms with Crippen LogP contribution in [-0.2, 0) is 42.4 Å². The molecule has 0 bridgehead atoms. The summed E-state index contributed by atoms with van der Waals surface area (Å²) in [6, 6.07) is 3.26. The van der Waals surface area contributed by atoms with Gasteiger partial charge in [0, 0.05) is 42.6 Å². The highest BCUT2D eigenvalue weighted by molar-refractivity contribution is 7.90. The van der Waals surface area contributed by atoms with Crippen LogP contribution in [0.5, 0.6) is 0 Å². The Bertz CT molecular complexity index is 1050. The second-order valence-corrected chi connectivity index (χ2v) is 12.2. The summed E-state index contributed by atoms with van der Waals surface area (Å²) in [6.45, 7) is 5.96. The molecule has 0 radical (unpaired) electrons. The van der Waals surface area contributed by atoms with Gasteiger partial charge in [0.25, 0.3) is 5.91 Å². The number of hydrogen-bond donors (Lipinski definition) is 2. The number of rotatable bonds is 6. The first-order chi connectivity index (χ1) is 16.4. The van der Waals surface area contributed by atoms with E-state index >= 15 is 4.39 Å². The fourth-order valence-electron chi connectivity index (χ4n) is 4.99. The minimum absolute atomic E-state index is 0.229. The van der Waals surface area contributed by atoms with Gasteiger partial charge in [-0.2, -0.15) is 0 Å². The van der Waals surface area contributed by atoms with Crippen molar-refractivity contribution in [2.24, 2.45) is 5.92 Å². The molecule has 0 spiro atoms. The van der Waals surface area contributed by atoms with E-state index in [1.165, 1.54) is 6.07 Å². The number of barbiturate groups is 1. The highest BCUT2D eigenvalue weighted by Gasteiger charge is 2.53. The first kappa shape index (κ1) is 25.7. The number of aryl methyl sites for hydroxylation is 1. The molecule has 1 aliphatic carbocycles. The van der Waals surface area contributed by atoms with E-state index in [4.69, 9.17) is 4.74 Å². The third-order valence-corrected chi connectivity index (χ3v) is 8.48. The summed E-state index contributed by atoms with van der Waals surface area (Å²) in [5.74, 6) is -4.93. The van der Waals surface area contributed by atoms with Crippen LogP contribution in [0.1, 0.15) is 57.6 Å². The van der Waals surface area contributed by atoms with Crippen molar-refractivity contribution >= 4 is 35.0 Å². The molecule has 2 aliphatic heterocycles. The fraction of sp³-hybridized carbons (Fsp3) is 0.583. The zero-order valence-electron chi connectivity index (χ0n) is 20.0. The van der Waals surface area contributed by atoms with Crippen molar-refractivity contribution < 1.29 is 32.9 Å². The zero-order chi connectivity index (χ0) is 25.5. The summed E-state index contributed by atoms with van der Waals surface area (Å²) in [5.41, 5.74) is -0.455. The molecule has 190 valence electrons. The number of amides is 4. The summed E-state index contributed by atoms with van der Waals surface area (Å²) < 4.78 is 35.7. The van der Waals surface area contributed by atoms with Gasteiger partial charge in [0.05, 0.1) is 5.54 Å². The number of imide groups is 2. The molecule has 3 atom stereocenters. The third kappa shape index (κ3) is 4.87. The van der Waals surface area contributed by atoms with Gasteiger partial charge in [0.1, 0.15) is 10.6 Å². The number of halogens is 1. The molecular formula is C24H30FN3O6S. The molecular weight excluding hydrogens is 477 g/mol. The standard InChI is InChI=1S/C24H30FN3O6S/c1-23(2,3)35(33)27-24(10-7-14-5-4-6-16(25)19(14)24)13-17(29)18-20(30)26-22(32)28(21(18)31)15-8-11-34-12-9-15/h4-6,15,18,27H,7-13H2,1-3H3,(H,26,30,32)/t18?,24-,35+/m0/s1. The summed E-state index contributed by atoms with van der Waals surface area (Å²) >= 11 is -1.67. The van der Waals surface area contributed by atoms with Crippen molar-refractivity contribution in [3.05, 3.63) is 35.1 Å². The monoisotopic (exact) mass is 507 g/mol. The molecule has 1 aromatic carbocycles. The number of hydrogen-bond acceptors (Lipinski definition) is 7. The lowest BCUT2D eigenvalue weighted by Crippen LogP contribution is -2.63. The molecule has 9 nitrogen and oxygen atoms in total. The molecule has 4 rings (SSSR count). The molecule has 2 saturated heterocycles. The lowest BCUT2D eigenvalue weighted by Gasteiger charge is -2.38. The van der Waals surface area contributed by atoms with E-state index in [2.05, 4.69) is 10.0 Å². The van der Waals surface area contributed by atoms with Crippen LogP contribution in [0.3, 0.4) is 0 Å². The first-order valence-corrected chi connectivity index (χ1v) is 12.9. The van der Waals surface area contributed by atoms with Crippen molar-refractivity contribution in [3.8, 4) is 0 Å². The van der Waals surface area contributed by atoms with Crippen LogP contribution in [0.25, 0.3) is 0 Å². The first-order valence-electron chi connectivity index (χ1n) is 11.7. The molecule has 3 aliphatic rings. The average Bonchev–Trinajstić information content (AvgIpc) is 3.12. The molecule has 1 aromatic rings. The van der Waals surface area contributed by atoms with Gasteiger partial charge in [-0.05, 0) is 58.1 Å². The van der Waals surface area contributed by atoms with E-state index < -0.39 is 69.5 Å². The maximum Gasteiger partial charge on any atom is 0.331 e. The van der Waals surface area contributed by atoms with E-state index in [-0.39, 0.29) is 12.0 Å². The van der Waals surface area contributed by atoms with Crippen LogP contribution >= 0.6 is 0 Å². The van der Waals surface area contributed by atoms with Crippen molar-refractivity contribution in [3.63, 3.8) is 0 Å². The summed E-state index contributed by atoms with van der Waals surface area (Å²) in [5, 5.41) is 2.13. The number of ketones is 1. The smallest absolute Gasteiger partial charge is 0.331 e. The van der Waals surface area contributed by atoms with Gasteiger partial charge in [-0.25, -0.2) is 9.18 Å². The number of fused-ring (bicyclic) bond motifs is 1. The van der Waals surface area contributed by atoms with Crippen LogP contribution in [0.15, 0.2) is 18.2 Å². The summed E-state index contributed by atoms with van der Waals surface area (Å²) in [7, 11) is 0. The van der Waals surface area contributed by atoms with E-state index in [0.29, 0.717) is 38.0 Å². The minimum Gasteiger partial charge on any atom is -0.598 e.